The lowest BCUT2D eigenvalue weighted by molar-refractivity contribution is 0.0983. The summed E-state index contributed by atoms with van der Waals surface area (Å²) in [5.41, 5.74) is 3.56. The van der Waals surface area contributed by atoms with Crippen LogP contribution in [0.1, 0.15) is 56.8 Å². The third-order valence-corrected chi connectivity index (χ3v) is 3.05. The molecule has 0 aromatic heterocycles. The number of hydrogen-bond donors (Lipinski definition) is 0. The molecule has 0 spiro atoms. The average molecular weight is 256 g/mol. The summed E-state index contributed by atoms with van der Waals surface area (Å²) in [4.78, 5) is 11.9. The molecule has 1 aromatic carbocycles. The lowest BCUT2D eigenvalue weighted by Crippen LogP contribution is -1.97. The summed E-state index contributed by atoms with van der Waals surface area (Å²) in [6, 6.07) is 9.52. The molecule has 1 aromatic rings. The Labute approximate surface area is 117 Å². The van der Waals surface area contributed by atoms with E-state index >= 15 is 0 Å². The molecule has 0 aliphatic heterocycles. The van der Waals surface area contributed by atoms with Gasteiger partial charge in [-0.25, -0.2) is 0 Å². The molecule has 0 radical (unpaired) electrons. The number of hydrogen-bond acceptors (Lipinski definition) is 1. The summed E-state index contributed by atoms with van der Waals surface area (Å²) in [5.74, 6) is 0.231. The second-order valence-corrected chi connectivity index (χ2v) is 5.20. The zero-order valence-electron chi connectivity index (χ0n) is 12.3. The van der Waals surface area contributed by atoms with E-state index in [2.05, 4.69) is 32.9 Å². The van der Waals surface area contributed by atoms with Gasteiger partial charge in [0.05, 0.1) is 0 Å². The van der Waals surface area contributed by atoms with Crippen molar-refractivity contribution in [2.45, 2.75) is 46.5 Å². The van der Waals surface area contributed by atoms with Crippen LogP contribution in [0, 0.1) is 0 Å². The highest BCUT2D eigenvalue weighted by Crippen LogP contribution is 2.10. The van der Waals surface area contributed by atoms with Gasteiger partial charge in [-0.3, -0.25) is 4.79 Å². The topological polar surface area (TPSA) is 17.1 Å². The van der Waals surface area contributed by atoms with Crippen molar-refractivity contribution in [1.82, 2.24) is 0 Å². The van der Waals surface area contributed by atoms with Gasteiger partial charge in [-0.05, 0) is 40.0 Å². The molecule has 0 N–H and O–H groups in total. The fourth-order valence-electron chi connectivity index (χ4n) is 1.91. The highest BCUT2D eigenvalue weighted by molar-refractivity contribution is 5.96. The van der Waals surface area contributed by atoms with Gasteiger partial charge in [0.25, 0.3) is 0 Å². The Morgan fingerprint density at radius 2 is 1.58 bits per heavy atom. The lowest BCUT2D eigenvalue weighted by Gasteiger charge is -2.01. The Balaban J connectivity index is 2.33. The monoisotopic (exact) mass is 256 g/mol. The molecule has 0 saturated heterocycles. The van der Waals surface area contributed by atoms with Crippen molar-refractivity contribution >= 4 is 5.78 Å². The first kappa shape index (κ1) is 15.4. The first-order valence-electron chi connectivity index (χ1n) is 6.97. The Morgan fingerprint density at radius 1 is 0.947 bits per heavy atom. The van der Waals surface area contributed by atoms with Crippen molar-refractivity contribution < 1.29 is 4.79 Å². The molecule has 0 amide bonds. The van der Waals surface area contributed by atoms with Crippen LogP contribution < -0.4 is 0 Å². The van der Waals surface area contributed by atoms with Crippen LogP contribution in [0.15, 0.2) is 53.6 Å². The maximum atomic E-state index is 11.9. The average Bonchev–Trinajstić information content (AvgIpc) is 2.39. The van der Waals surface area contributed by atoms with E-state index in [9.17, 15) is 4.79 Å². The number of Topliss-reactive ketones (excluding diaryl/α,β-unsaturated/α-hetero) is 1. The molecule has 1 heteroatoms. The summed E-state index contributed by atoms with van der Waals surface area (Å²) in [6.45, 7) is 6.39. The molecule has 0 saturated carbocycles. The molecular weight excluding hydrogens is 232 g/mol. The minimum atomic E-state index is 0.231. The third kappa shape index (κ3) is 6.76. The second kappa shape index (κ2) is 8.47. The molecule has 0 bridgehead atoms. The summed E-state index contributed by atoms with van der Waals surface area (Å²) in [7, 11) is 0. The maximum absolute atomic E-state index is 11.9. The Bertz CT molecular complexity index is 448. The summed E-state index contributed by atoms with van der Waals surface area (Å²) >= 11 is 0. The predicted octanol–water partition coefficient (Wildman–Crippen LogP) is 5.34. The number of allylic oxidation sites excluding steroid dienone is 4. The van der Waals surface area contributed by atoms with E-state index in [0.717, 1.165) is 24.8 Å². The highest BCUT2D eigenvalue weighted by atomic mass is 16.1. The maximum Gasteiger partial charge on any atom is 0.163 e. The normalized spacial score (nSPS) is 11.2. The van der Waals surface area contributed by atoms with E-state index < -0.39 is 0 Å². The predicted molar refractivity (Wildman–Crippen MR) is 82.4 cm³/mol. The van der Waals surface area contributed by atoms with Crippen molar-refractivity contribution in [3.8, 4) is 0 Å². The third-order valence-electron chi connectivity index (χ3n) is 3.05. The van der Waals surface area contributed by atoms with Gasteiger partial charge < -0.3 is 0 Å². The van der Waals surface area contributed by atoms with Crippen LogP contribution in [0.4, 0.5) is 0 Å². The Hall–Kier alpha value is -1.63. The first-order valence-corrected chi connectivity index (χ1v) is 6.97. The van der Waals surface area contributed by atoms with E-state index in [1.807, 2.05) is 30.3 Å². The first-order chi connectivity index (χ1) is 9.09. The van der Waals surface area contributed by atoms with Crippen molar-refractivity contribution in [3.63, 3.8) is 0 Å². The summed E-state index contributed by atoms with van der Waals surface area (Å²) in [5, 5.41) is 0. The molecule has 0 atom stereocenters. The van der Waals surface area contributed by atoms with Gasteiger partial charge in [0.2, 0.25) is 0 Å². The molecule has 102 valence electrons. The minimum Gasteiger partial charge on any atom is -0.294 e. The SMILES string of the molecule is CC(C)=CCCC(C)=CCCC(=O)c1ccccc1. The van der Waals surface area contributed by atoms with Crippen LogP contribution in [-0.4, -0.2) is 5.78 Å². The van der Waals surface area contributed by atoms with E-state index in [1.165, 1.54) is 11.1 Å². The van der Waals surface area contributed by atoms with Gasteiger partial charge in [0.15, 0.2) is 5.78 Å². The molecule has 1 nitrogen and oxygen atoms in total. The zero-order chi connectivity index (χ0) is 14.1. The van der Waals surface area contributed by atoms with Crippen LogP contribution in [0.2, 0.25) is 0 Å². The van der Waals surface area contributed by atoms with E-state index in [4.69, 9.17) is 0 Å². The second-order valence-electron chi connectivity index (χ2n) is 5.20. The fourth-order valence-corrected chi connectivity index (χ4v) is 1.91. The van der Waals surface area contributed by atoms with Crippen LogP contribution in [0.5, 0.6) is 0 Å². The lowest BCUT2D eigenvalue weighted by atomic mass is 10.0. The van der Waals surface area contributed by atoms with Crippen LogP contribution in [0.25, 0.3) is 0 Å². The van der Waals surface area contributed by atoms with E-state index in [-0.39, 0.29) is 5.78 Å². The molecule has 19 heavy (non-hydrogen) atoms. The summed E-state index contributed by atoms with van der Waals surface area (Å²) < 4.78 is 0. The quantitative estimate of drug-likeness (QED) is 0.475. The largest absolute Gasteiger partial charge is 0.294 e. The number of carbonyl (C=O) groups is 1. The van der Waals surface area contributed by atoms with E-state index in [0.29, 0.717) is 6.42 Å². The Kier molecular flexibility index (Phi) is 6.88. The number of carbonyl (C=O) groups excluding carboxylic acids is 1. The van der Waals surface area contributed by atoms with Crippen molar-refractivity contribution in [2.75, 3.05) is 0 Å². The van der Waals surface area contributed by atoms with Gasteiger partial charge in [-0.15, -0.1) is 0 Å². The molecule has 0 aliphatic rings. The van der Waals surface area contributed by atoms with Crippen LogP contribution >= 0.6 is 0 Å². The van der Waals surface area contributed by atoms with Gasteiger partial charge >= 0.3 is 0 Å². The molecule has 1 rings (SSSR count). The van der Waals surface area contributed by atoms with Gasteiger partial charge in [0, 0.05) is 12.0 Å². The van der Waals surface area contributed by atoms with Crippen molar-refractivity contribution in [2.24, 2.45) is 0 Å². The van der Waals surface area contributed by atoms with Crippen molar-refractivity contribution in [1.29, 1.82) is 0 Å². The number of ketones is 1. The van der Waals surface area contributed by atoms with Gasteiger partial charge in [-0.2, -0.15) is 0 Å². The fraction of sp³-hybridized carbons (Fsp3) is 0.389. The van der Waals surface area contributed by atoms with Crippen LogP contribution in [0.3, 0.4) is 0 Å². The smallest absolute Gasteiger partial charge is 0.163 e. The zero-order valence-corrected chi connectivity index (χ0v) is 12.3. The molecule has 0 heterocycles. The summed E-state index contributed by atoms with van der Waals surface area (Å²) in [6.07, 6.45) is 8.08. The Morgan fingerprint density at radius 3 is 2.21 bits per heavy atom. The van der Waals surface area contributed by atoms with Crippen LogP contribution in [-0.2, 0) is 0 Å². The molecular formula is C18H24O. The molecule has 0 unspecified atom stereocenters. The number of benzene rings is 1. The minimum absolute atomic E-state index is 0.231. The van der Waals surface area contributed by atoms with E-state index in [1.54, 1.807) is 0 Å². The molecule has 0 fully saturated rings. The van der Waals surface area contributed by atoms with Gasteiger partial charge in [0.1, 0.15) is 0 Å². The number of rotatable bonds is 7. The van der Waals surface area contributed by atoms with Crippen molar-refractivity contribution in [3.05, 3.63) is 59.2 Å². The molecule has 0 aliphatic carbocycles. The standard InChI is InChI=1S/C18H24O/c1-15(2)9-7-10-16(3)11-8-14-18(19)17-12-5-4-6-13-17/h4-6,9,11-13H,7-8,10,14H2,1-3H3. The highest BCUT2D eigenvalue weighted by Gasteiger charge is 2.02. The van der Waals surface area contributed by atoms with Gasteiger partial charge in [-0.1, -0.05) is 53.6 Å².